The summed E-state index contributed by atoms with van der Waals surface area (Å²) in [6.45, 7) is 5.90. The summed E-state index contributed by atoms with van der Waals surface area (Å²) < 4.78 is 9.20. The van der Waals surface area contributed by atoms with Crippen LogP contribution in [0, 0.1) is 0 Å². The summed E-state index contributed by atoms with van der Waals surface area (Å²) in [5.41, 5.74) is 0.390. The van der Waals surface area contributed by atoms with Gasteiger partial charge in [-0.3, -0.25) is 0 Å². The first-order valence-corrected chi connectivity index (χ1v) is 5.35. The van der Waals surface area contributed by atoms with E-state index in [0.717, 1.165) is 6.42 Å². The molecular weight excluding hydrogens is 313 g/mol. The lowest BCUT2D eigenvalue weighted by molar-refractivity contribution is -0.139. The molecule has 0 fully saturated rings. The number of unbranched alkanes of at least 4 members (excludes halogenated alkanes) is 1. The molecule has 0 unspecified atom stereocenters. The number of ether oxygens (including phenoxy) is 1. The van der Waals surface area contributed by atoms with E-state index in [1.54, 1.807) is 6.92 Å². The molecule has 0 radical (unpaired) electrons. The van der Waals surface area contributed by atoms with Crippen molar-refractivity contribution in [1.29, 1.82) is 0 Å². The van der Waals surface area contributed by atoms with Gasteiger partial charge in [-0.05, 0) is 19.8 Å². The minimum Gasteiger partial charge on any atom is -0.462 e. The SMILES string of the molecule is C=C(C)C(=O)OCCCCNC(=O)OI. The van der Waals surface area contributed by atoms with Gasteiger partial charge in [0, 0.05) is 12.1 Å². The molecule has 0 bridgehead atoms. The van der Waals surface area contributed by atoms with E-state index >= 15 is 0 Å². The lowest BCUT2D eigenvalue weighted by Gasteiger charge is -2.04. The van der Waals surface area contributed by atoms with E-state index in [1.165, 1.54) is 23.0 Å². The van der Waals surface area contributed by atoms with E-state index in [-0.39, 0.29) is 5.97 Å². The summed E-state index contributed by atoms with van der Waals surface area (Å²) in [6.07, 6.45) is 0.963. The molecule has 0 aliphatic rings. The number of esters is 1. The molecule has 0 aromatic heterocycles. The third-order valence-electron chi connectivity index (χ3n) is 1.49. The van der Waals surface area contributed by atoms with Gasteiger partial charge in [0.05, 0.1) is 6.61 Å². The number of hydrogen-bond acceptors (Lipinski definition) is 4. The molecule has 0 heterocycles. The minimum absolute atomic E-state index is 0.340. The van der Waals surface area contributed by atoms with Gasteiger partial charge >= 0.3 is 12.1 Å². The first-order chi connectivity index (χ1) is 7.07. The molecule has 5 nitrogen and oxygen atoms in total. The molecule has 0 rings (SSSR count). The fraction of sp³-hybridized carbons (Fsp3) is 0.556. The summed E-state index contributed by atoms with van der Waals surface area (Å²) in [6, 6.07) is 0. The topological polar surface area (TPSA) is 64.6 Å². The quantitative estimate of drug-likeness (QED) is 0.351. The second kappa shape index (κ2) is 8.51. The Hall–Kier alpha value is -0.790. The van der Waals surface area contributed by atoms with E-state index in [2.05, 4.69) is 15.0 Å². The zero-order chi connectivity index (χ0) is 11.7. The van der Waals surface area contributed by atoms with Gasteiger partial charge in [0.2, 0.25) is 0 Å². The Kier molecular flexibility index (Phi) is 8.06. The van der Waals surface area contributed by atoms with Crippen LogP contribution in [0.25, 0.3) is 0 Å². The Balaban J connectivity index is 3.29. The van der Waals surface area contributed by atoms with Gasteiger partial charge in [-0.1, -0.05) is 6.58 Å². The highest BCUT2D eigenvalue weighted by Gasteiger charge is 2.02. The van der Waals surface area contributed by atoms with Crippen LogP contribution in [0.5, 0.6) is 0 Å². The Morgan fingerprint density at radius 3 is 2.60 bits per heavy atom. The average molecular weight is 327 g/mol. The molecule has 6 heteroatoms. The Morgan fingerprint density at radius 1 is 1.40 bits per heavy atom. The molecule has 0 saturated heterocycles. The van der Waals surface area contributed by atoms with Crippen LogP contribution in [0.2, 0.25) is 0 Å². The Bertz CT molecular complexity index is 242. The van der Waals surface area contributed by atoms with E-state index in [9.17, 15) is 9.59 Å². The van der Waals surface area contributed by atoms with E-state index in [1.807, 2.05) is 0 Å². The highest BCUT2D eigenvalue weighted by molar-refractivity contribution is 14.1. The van der Waals surface area contributed by atoms with Gasteiger partial charge in [-0.2, -0.15) is 0 Å². The molecule has 0 saturated carbocycles. The number of halogens is 1. The molecule has 15 heavy (non-hydrogen) atoms. The smallest absolute Gasteiger partial charge is 0.416 e. The first kappa shape index (κ1) is 14.2. The second-order valence-electron chi connectivity index (χ2n) is 2.91. The van der Waals surface area contributed by atoms with Crippen molar-refractivity contribution in [3.63, 3.8) is 0 Å². The van der Waals surface area contributed by atoms with Gasteiger partial charge in [-0.15, -0.1) is 0 Å². The predicted octanol–water partition coefficient (Wildman–Crippen LogP) is 1.96. The van der Waals surface area contributed by atoms with Gasteiger partial charge < -0.3 is 13.1 Å². The molecule has 1 amide bonds. The summed E-state index contributed by atoms with van der Waals surface area (Å²) >= 11 is 1.51. The normalized spacial score (nSPS) is 9.20. The standard InChI is InChI=1S/C9H14INO4/c1-7(2)8(12)14-6-4-3-5-11-9(13)15-10/h1,3-6H2,2H3,(H,11,13). The van der Waals surface area contributed by atoms with Crippen LogP contribution in [-0.4, -0.2) is 25.2 Å². The van der Waals surface area contributed by atoms with Crippen molar-refractivity contribution in [1.82, 2.24) is 5.32 Å². The molecule has 0 aliphatic heterocycles. The average Bonchev–Trinajstić information content (AvgIpc) is 2.22. The van der Waals surface area contributed by atoms with E-state index in [0.29, 0.717) is 25.1 Å². The highest BCUT2D eigenvalue weighted by atomic mass is 127. The highest BCUT2D eigenvalue weighted by Crippen LogP contribution is 1.95. The molecule has 0 aromatic rings. The zero-order valence-corrected chi connectivity index (χ0v) is 10.7. The van der Waals surface area contributed by atoms with E-state index < -0.39 is 6.09 Å². The van der Waals surface area contributed by atoms with Crippen LogP contribution in [0.4, 0.5) is 4.79 Å². The van der Waals surface area contributed by atoms with Crippen molar-refractivity contribution in [2.45, 2.75) is 19.8 Å². The lowest BCUT2D eigenvalue weighted by atomic mass is 10.3. The Labute approximate surface area is 103 Å². The number of nitrogens with one attached hydrogen (secondary N) is 1. The predicted molar refractivity (Wildman–Crippen MR) is 63.5 cm³/mol. The molecule has 0 atom stereocenters. The second-order valence-corrected chi connectivity index (χ2v) is 3.36. The maximum absolute atomic E-state index is 10.9. The summed E-state index contributed by atoms with van der Waals surface area (Å²) in [4.78, 5) is 21.5. The van der Waals surface area contributed by atoms with Crippen molar-refractivity contribution in [3.8, 4) is 0 Å². The van der Waals surface area contributed by atoms with Crippen molar-refractivity contribution in [3.05, 3.63) is 12.2 Å². The maximum atomic E-state index is 10.9. The number of hydrogen-bond donors (Lipinski definition) is 1. The third-order valence-corrected chi connectivity index (χ3v) is 1.89. The minimum atomic E-state index is -0.463. The number of amides is 1. The van der Waals surface area contributed by atoms with Gasteiger partial charge in [-0.25, -0.2) is 9.59 Å². The number of carbonyl (C=O) groups excluding carboxylic acids is 2. The molecule has 0 spiro atoms. The largest absolute Gasteiger partial charge is 0.462 e. The van der Waals surface area contributed by atoms with Crippen LogP contribution >= 0.6 is 23.0 Å². The summed E-state index contributed by atoms with van der Waals surface area (Å²) in [5.74, 6) is -0.380. The number of carbonyl (C=O) groups is 2. The van der Waals surface area contributed by atoms with Crippen molar-refractivity contribution in [2.24, 2.45) is 0 Å². The fourth-order valence-electron chi connectivity index (χ4n) is 0.733. The van der Waals surface area contributed by atoms with Crippen LogP contribution in [0.3, 0.4) is 0 Å². The van der Waals surface area contributed by atoms with Crippen molar-refractivity contribution < 1.29 is 17.4 Å². The molecular formula is C9H14INO4. The molecule has 0 aromatic carbocycles. The molecule has 86 valence electrons. The van der Waals surface area contributed by atoms with Crippen molar-refractivity contribution in [2.75, 3.05) is 13.2 Å². The zero-order valence-electron chi connectivity index (χ0n) is 8.55. The first-order valence-electron chi connectivity index (χ1n) is 4.47. The van der Waals surface area contributed by atoms with Crippen LogP contribution < -0.4 is 5.32 Å². The summed E-state index contributed by atoms with van der Waals surface area (Å²) in [7, 11) is 0. The summed E-state index contributed by atoms with van der Waals surface area (Å²) in [5, 5.41) is 2.52. The number of rotatable bonds is 6. The monoisotopic (exact) mass is 327 g/mol. The van der Waals surface area contributed by atoms with Crippen LogP contribution in [-0.2, 0) is 12.6 Å². The van der Waals surface area contributed by atoms with Gasteiger partial charge in [0.15, 0.2) is 23.0 Å². The van der Waals surface area contributed by atoms with E-state index in [4.69, 9.17) is 4.74 Å². The fourth-order valence-corrected chi connectivity index (χ4v) is 0.889. The van der Waals surface area contributed by atoms with Crippen LogP contribution in [0.1, 0.15) is 19.8 Å². The van der Waals surface area contributed by atoms with Crippen molar-refractivity contribution >= 4 is 35.1 Å². The third kappa shape index (κ3) is 8.22. The lowest BCUT2D eigenvalue weighted by Crippen LogP contribution is -2.22. The van der Waals surface area contributed by atoms with Crippen LogP contribution in [0.15, 0.2) is 12.2 Å². The van der Waals surface area contributed by atoms with Gasteiger partial charge in [0.1, 0.15) is 0 Å². The molecule has 0 aliphatic carbocycles. The molecule has 1 N–H and O–H groups in total. The Morgan fingerprint density at radius 2 is 2.07 bits per heavy atom. The maximum Gasteiger partial charge on any atom is 0.416 e. The van der Waals surface area contributed by atoms with Gasteiger partial charge in [0.25, 0.3) is 0 Å².